The number of carbonyl (C=O) groups excluding carboxylic acids is 1. The number of hydrogen-bond donors (Lipinski definition) is 0. The van der Waals surface area contributed by atoms with Gasteiger partial charge in [-0.15, -0.1) is 11.6 Å². The van der Waals surface area contributed by atoms with Gasteiger partial charge in [-0.1, -0.05) is 19.9 Å². The molecule has 5 heteroatoms. The Morgan fingerprint density at radius 3 is 2.76 bits per heavy atom. The molecule has 0 aromatic rings. The van der Waals surface area contributed by atoms with Crippen molar-refractivity contribution in [1.82, 2.24) is 0 Å². The minimum atomic E-state index is -0.0790. The number of ether oxygens (including phenoxy) is 3. The van der Waals surface area contributed by atoms with E-state index in [-0.39, 0.29) is 17.8 Å². The summed E-state index contributed by atoms with van der Waals surface area (Å²) in [4.78, 5) is 12.2. The van der Waals surface area contributed by atoms with E-state index in [0.717, 1.165) is 6.42 Å². The largest absolute Gasteiger partial charge is 0.489 e. The maximum atomic E-state index is 12.2. The highest BCUT2D eigenvalue weighted by atomic mass is 35.5. The SMILES string of the molecule is COCCCOC/C=C1/OC(C(C)C)CC(=O)/C1=C/CCl. The van der Waals surface area contributed by atoms with Crippen LogP contribution in [0.25, 0.3) is 0 Å². The van der Waals surface area contributed by atoms with Crippen LogP contribution in [0.5, 0.6) is 0 Å². The number of ketones is 1. The lowest BCUT2D eigenvalue weighted by molar-refractivity contribution is -0.121. The first-order chi connectivity index (χ1) is 10.1. The fourth-order valence-electron chi connectivity index (χ4n) is 2.04. The zero-order valence-electron chi connectivity index (χ0n) is 13.1. The van der Waals surface area contributed by atoms with E-state index < -0.39 is 0 Å². The fraction of sp³-hybridized carbons (Fsp3) is 0.688. The van der Waals surface area contributed by atoms with Gasteiger partial charge in [0.2, 0.25) is 0 Å². The molecule has 1 heterocycles. The summed E-state index contributed by atoms with van der Waals surface area (Å²) in [5.41, 5.74) is 0.572. The van der Waals surface area contributed by atoms with Crippen LogP contribution in [0.3, 0.4) is 0 Å². The lowest BCUT2D eigenvalue weighted by Crippen LogP contribution is -2.30. The maximum absolute atomic E-state index is 12.2. The monoisotopic (exact) mass is 316 g/mol. The second-order valence-electron chi connectivity index (χ2n) is 5.29. The van der Waals surface area contributed by atoms with Gasteiger partial charge >= 0.3 is 0 Å². The van der Waals surface area contributed by atoms with E-state index in [2.05, 4.69) is 0 Å². The summed E-state index contributed by atoms with van der Waals surface area (Å²) < 4.78 is 16.4. The van der Waals surface area contributed by atoms with Crippen molar-refractivity contribution in [2.75, 3.05) is 32.8 Å². The van der Waals surface area contributed by atoms with Crippen LogP contribution in [0.1, 0.15) is 26.7 Å². The van der Waals surface area contributed by atoms with Crippen LogP contribution < -0.4 is 0 Å². The number of hydrogen-bond acceptors (Lipinski definition) is 4. The van der Waals surface area contributed by atoms with Crippen LogP contribution in [0.15, 0.2) is 23.5 Å². The van der Waals surface area contributed by atoms with Crippen LogP contribution in [0, 0.1) is 5.92 Å². The molecule has 1 aliphatic heterocycles. The Kier molecular flexibility index (Phi) is 8.66. The number of alkyl halides is 1. The number of rotatable bonds is 8. The van der Waals surface area contributed by atoms with E-state index in [9.17, 15) is 4.79 Å². The van der Waals surface area contributed by atoms with E-state index in [4.69, 9.17) is 25.8 Å². The summed E-state index contributed by atoms with van der Waals surface area (Å²) in [5.74, 6) is 1.27. The molecule has 21 heavy (non-hydrogen) atoms. The molecular weight excluding hydrogens is 292 g/mol. The van der Waals surface area contributed by atoms with Crippen LogP contribution in [-0.4, -0.2) is 44.7 Å². The minimum Gasteiger partial charge on any atom is -0.489 e. The summed E-state index contributed by atoms with van der Waals surface area (Å²) in [6, 6.07) is 0. The minimum absolute atomic E-state index is 0.0790. The molecule has 0 N–H and O–H groups in total. The van der Waals surface area contributed by atoms with E-state index in [1.54, 1.807) is 13.2 Å². The molecule has 0 spiro atoms. The summed E-state index contributed by atoms with van der Waals surface area (Å²) in [7, 11) is 1.67. The van der Waals surface area contributed by atoms with Crippen molar-refractivity contribution in [3.63, 3.8) is 0 Å². The lowest BCUT2D eigenvalue weighted by atomic mass is 9.93. The molecule has 0 saturated carbocycles. The topological polar surface area (TPSA) is 44.8 Å². The summed E-state index contributed by atoms with van der Waals surface area (Å²) in [6.07, 6.45) is 4.70. The zero-order chi connectivity index (χ0) is 15.7. The van der Waals surface area contributed by atoms with E-state index >= 15 is 0 Å². The molecule has 4 nitrogen and oxygen atoms in total. The van der Waals surface area contributed by atoms with Crippen molar-refractivity contribution < 1.29 is 19.0 Å². The van der Waals surface area contributed by atoms with Gasteiger partial charge in [-0.3, -0.25) is 4.79 Å². The molecule has 0 bridgehead atoms. The third-order valence-electron chi connectivity index (χ3n) is 3.28. The second-order valence-corrected chi connectivity index (χ2v) is 5.60. The Morgan fingerprint density at radius 2 is 2.14 bits per heavy atom. The van der Waals surface area contributed by atoms with Crippen molar-refractivity contribution >= 4 is 17.4 Å². The van der Waals surface area contributed by atoms with Crippen LogP contribution >= 0.6 is 11.6 Å². The van der Waals surface area contributed by atoms with E-state index in [0.29, 0.717) is 43.5 Å². The Labute approximate surface area is 132 Å². The van der Waals surface area contributed by atoms with Crippen LogP contribution in [0.4, 0.5) is 0 Å². The molecule has 1 unspecified atom stereocenters. The number of methoxy groups -OCH3 is 1. The molecule has 0 aromatic carbocycles. The molecule has 1 rings (SSSR count). The number of allylic oxidation sites excluding steroid dienone is 2. The van der Waals surface area contributed by atoms with Crippen molar-refractivity contribution in [2.45, 2.75) is 32.8 Å². The molecule has 0 aliphatic carbocycles. The fourth-order valence-corrected chi connectivity index (χ4v) is 2.20. The maximum Gasteiger partial charge on any atom is 0.170 e. The first kappa shape index (κ1) is 18.2. The van der Waals surface area contributed by atoms with Gasteiger partial charge in [0.15, 0.2) is 5.78 Å². The molecule has 120 valence electrons. The molecule has 0 amide bonds. The number of halogens is 1. The predicted octanol–water partition coefficient (Wildman–Crippen LogP) is 3.10. The number of Topliss-reactive ketones (excluding diaryl/α,β-unsaturated/α-hetero) is 1. The van der Waals surface area contributed by atoms with Gasteiger partial charge in [0.25, 0.3) is 0 Å². The highest BCUT2D eigenvalue weighted by molar-refractivity contribution is 6.19. The quantitative estimate of drug-likeness (QED) is 0.392. The van der Waals surface area contributed by atoms with Gasteiger partial charge in [-0.2, -0.15) is 0 Å². The Hall–Kier alpha value is -0.840. The highest BCUT2D eigenvalue weighted by Gasteiger charge is 2.30. The van der Waals surface area contributed by atoms with Crippen LogP contribution in [0.2, 0.25) is 0 Å². The zero-order valence-corrected chi connectivity index (χ0v) is 13.8. The van der Waals surface area contributed by atoms with Gasteiger partial charge in [0.05, 0.1) is 12.2 Å². The van der Waals surface area contributed by atoms with Gasteiger partial charge in [-0.05, 0) is 18.4 Å². The van der Waals surface area contributed by atoms with Crippen molar-refractivity contribution in [3.05, 3.63) is 23.5 Å². The smallest absolute Gasteiger partial charge is 0.170 e. The first-order valence-corrected chi connectivity index (χ1v) is 7.86. The summed E-state index contributed by atoms with van der Waals surface area (Å²) in [5, 5.41) is 0. The van der Waals surface area contributed by atoms with Crippen LogP contribution in [-0.2, 0) is 19.0 Å². The van der Waals surface area contributed by atoms with E-state index in [1.807, 2.05) is 19.9 Å². The predicted molar refractivity (Wildman–Crippen MR) is 83.5 cm³/mol. The molecule has 1 aliphatic rings. The molecule has 1 atom stereocenters. The standard InChI is InChI=1S/C16H25ClO4/c1-12(2)16-11-14(18)13(5-7-17)15(21-16)6-10-20-9-4-8-19-3/h5-6,12,16H,4,7-11H2,1-3H3/b13-5-,15-6+. The Bertz CT molecular complexity index is 388. The molecule has 0 radical (unpaired) electrons. The Balaban J connectivity index is 2.63. The second kappa shape index (κ2) is 9.98. The molecule has 1 saturated heterocycles. The molecule has 1 fully saturated rings. The third kappa shape index (κ3) is 6.20. The normalized spacial score (nSPS) is 23.1. The lowest BCUT2D eigenvalue weighted by Gasteiger charge is -2.29. The average Bonchev–Trinajstić information content (AvgIpc) is 2.45. The van der Waals surface area contributed by atoms with Gasteiger partial charge in [0, 0.05) is 32.6 Å². The molecular formula is C16H25ClO4. The van der Waals surface area contributed by atoms with Crippen molar-refractivity contribution in [3.8, 4) is 0 Å². The van der Waals surface area contributed by atoms with Crippen molar-refractivity contribution in [1.29, 1.82) is 0 Å². The highest BCUT2D eigenvalue weighted by Crippen LogP contribution is 2.28. The van der Waals surface area contributed by atoms with Crippen molar-refractivity contribution in [2.24, 2.45) is 5.92 Å². The summed E-state index contributed by atoms with van der Waals surface area (Å²) >= 11 is 5.73. The van der Waals surface area contributed by atoms with Gasteiger partial charge < -0.3 is 14.2 Å². The van der Waals surface area contributed by atoms with Gasteiger partial charge in [-0.25, -0.2) is 0 Å². The molecule has 0 aromatic heterocycles. The Morgan fingerprint density at radius 1 is 1.38 bits per heavy atom. The first-order valence-electron chi connectivity index (χ1n) is 7.33. The average molecular weight is 317 g/mol. The third-order valence-corrected chi connectivity index (χ3v) is 3.43. The summed E-state index contributed by atoms with van der Waals surface area (Å²) in [6.45, 7) is 5.81. The van der Waals surface area contributed by atoms with Gasteiger partial charge in [0.1, 0.15) is 11.9 Å². The number of carbonyl (C=O) groups is 1. The van der Waals surface area contributed by atoms with E-state index in [1.165, 1.54) is 0 Å².